The van der Waals surface area contributed by atoms with E-state index in [0.29, 0.717) is 0 Å². The first-order chi connectivity index (χ1) is 8.02. The highest BCUT2D eigenvalue weighted by Gasteiger charge is 2.29. The highest BCUT2D eigenvalue weighted by molar-refractivity contribution is 6.32. The number of esters is 1. The summed E-state index contributed by atoms with van der Waals surface area (Å²) in [4.78, 5) is 11.1. The fourth-order valence-corrected chi connectivity index (χ4v) is 1.65. The van der Waals surface area contributed by atoms with Gasteiger partial charge in [0.25, 0.3) is 0 Å². The van der Waals surface area contributed by atoms with Gasteiger partial charge in [0, 0.05) is 5.56 Å². The third-order valence-corrected chi connectivity index (χ3v) is 2.56. The molecule has 6 heteroatoms. The van der Waals surface area contributed by atoms with Gasteiger partial charge in [-0.15, -0.1) is 0 Å². The molecule has 17 heavy (non-hydrogen) atoms. The number of carbonyl (C=O) groups excluding carboxylic acids is 1. The van der Waals surface area contributed by atoms with Gasteiger partial charge >= 0.3 is 5.97 Å². The van der Waals surface area contributed by atoms with E-state index in [2.05, 4.69) is 4.74 Å². The number of methoxy groups -OCH3 is 2. The molecule has 0 bridgehead atoms. The molecule has 94 valence electrons. The predicted octanol–water partition coefficient (Wildman–Crippen LogP) is 0.916. The quantitative estimate of drug-likeness (QED) is 0.787. The summed E-state index contributed by atoms with van der Waals surface area (Å²) in [6.07, 6.45) is -3.15. The summed E-state index contributed by atoms with van der Waals surface area (Å²) in [6.45, 7) is 0. The summed E-state index contributed by atoms with van der Waals surface area (Å²) in [5.41, 5.74) is 0.220. The topological polar surface area (TPSA) is 76.0 Å². The lowest BCUT2D eigenvalue weighted by molar-refractivity contribution is -0.156. The summed E-state index contributed by atoms with van der Waals surface area (Å²) < 4.78 is 9.34. The molecule has 0 fully saturated rings. The number of benzene rings is 1. The number of aliphatic hydroxyl groups is 2. The van der Waals surface area contributed by atoms with Crippen molar-refractivity contribution in [2.75, 3.05) is 14.2 Å². The van der Waals surface area contributed by atoms with Crippen LogP contribution in [0.4, 0.5) is 0 Å². The zero-order valence-electron chi connectivity index (χ0n) is 9.38. The van der Waals surface area contributed by atoms with Crippen LogP contribution in [0, 0.1) is 0 Å². The minimum absolute atomic E-state index is 0.213. The second kappa shape index (κ2) is 5.86. The first-order valence-corrected chi connectivity index (χ1v) is 5.17. The van der Waals surface area contributed by atoms with Gasteiger partial charge in [0.1, 0.15) is 11.9 Å². The van der Waals surface area contributed by atoms with Gasteiger partial charge in [-0.25, -0.2) is 4.79 Å². The Labute approximate surface area is 104 Å². The summed E-state index contributed by atoms with van der Waals surface area (Å²) >= 11 is 5.86. The van der Waals surface area contributed by atoms with Gasteiger partial charge in [-0.05, 0) is 6.07 Å². The minimum atomic E-state index is -1.69. The summed E-state index contributed by atoms with van der Waals surface area (Å²) in [7, 11) is 2.50. The van der Waals surface area contributed by atoms with Crippen molar-refractivity contribution in [3.8, 4) is 5.75 Å². The van der Waals surface area contributed by atoms with Crippen molar-refractivity contribution >= 4 is 17.6 Å². The fraction of sp³-hybridized carbons (Fsp3) is 0.364. The largest absolute Gasteiger partial charge is 0.495 e. The van der Waals surface area contributed by atoms with Crippen LogP contribution in [0.15, 0.2) is 18.2 Å². The van der Waals surface area contributed by atoms with Crippen LogP contribution >= 0.6 is 11.6 Å². The molecule has 1 aromatic carbocycles. The zero-order chi connectivity index (χ0) is 13.0. The number of ether oxygens (including phenoxy) is 2. The van der Waals surface area contributed by atoms with E-state index in [1.807, 2.05) is 0 Å². The number of rotatable bonds is 4. The van der Waals surface area contributed by atoms with E-state index in [1.165, 1.54) is 13.2 Å². The Bertz CT molecular complexity index is 407. The van der Waals surface area contributed by atoms with Crippen molar-refractivity contribution in [2.24, 2.45) is 0 Å². The fourth-order valence-electron chi connectivity index (χ4n) is 1.39. The molecule has 1 aromatic rings. The van der Waals surface area contributed by atoms with Gasteiger partial charge in [0.15, 0.2) is 6.10 Å². The van der Waals surface area contributed by atoms with Crippen molar-refractivity contribution in [1.29, 1.82) is 0 Å². The van der Waals surface area contributed by atoms with Crippen LogP contribution in [0.2, 0.25) is 5.02 Å². The Morgan fingerprint density at radius 1 is 1.35 bits per heavy atom. The lowest BCUT2D eigenvalue weighted by Crippen LogP contribution is -2.29. The highest BCUT2D eigenvalue weighted by Crippen LogP contribution is 2.33. The van der Waals surface area contributed by atoms with Crippen LogP contribution < -0.4 is 4.74 Å². The predicted molar refractivity (Wildman–Crippen MR) is 61.0 cm³/mol. The number of hydrogen-bond donors (Lipinski definition) is 2. The van der Waals surface area contributed by atoms with Gasteiger partial charge in [0.05, 0.1) is 19.2 Å². The molecule has 0 saturated heterocycles. The third-order valence-electron chi connectivity index (χ3n) is 2.26. The third kappa shape index (κ3) is 2.88. The van der Waals surface area contributed by atoms with Crippen LogP contribution in [0.3, 0.4) is 0 Å². The van der Waals surface area contributed by atoms with E-state index in [1.54, 1.807) is 12.1 Å². The first-order valence-electron chi connectivity index (χ1n) is 4.79. The monoisotopic (exact) mass is 260 g/mol. The maximum Gasteiger partial charge on any atom is 0.337 e. The first kappa shape index (κ1) is 13.8. The summed E-state index contributed by atoms with van der Waals surface area (Å²) in [5, 5.41) is 19.6. The number of carbonyl (C=O) groups is 1. The van der Waals surface area contributed by atoms with Gasteiger partial charge in [-0.3, -0.25) is 0 Å². The van der Waals surface area contributed by atoms with Crippen molar-refractivity contribution in [1.82, 2.24) is 0 Å². The van der Waals surface area contributed by atoms with Crippen molar-refractivity contribution in [3.63, 3.8) is 0 Å². The van der Waals surface area contributed by atoms with Crippen LogP contribution in [0.1, 0.15) is 11.7 Å². The molecule has 1 rings (SSSR count). The van der Waals surface area contributed by atoms with Crippen LogP contribution in [-0.2, 0) is 9.53 Å². The molecule has 0 aliphatic rings. The van der Waals surface area contributed by atoms with E-state index < -0.39 is 18.2 Å². The second-order valence-electron chi connectivity index (χ2n) is 3.28. The Balaban J connectivity index is 3.07. The highest BCUT2D eigenvalue weighted by atomic mass is 35.5. The molecular formula is C11H13ClO5. The van der Waals surface area contributed by atoms with Crippen molar-refractivity contribution in [3.05, 3.63) is 28.8 Å². The van der Waals surface area contributed by atoms with E-state index in [9.17, 15) is 15.0 Å². The van der Waals surface area contributed by atoms with Crippen LogP contribution in [0.5, 0.6) is 5.75 Å². The van der Waals surface area contributed by atoms with Crippen molar-refractivity contribution in [2.45, 2.75) is 12.2 Å². The molecular weight excluding hydrogens is 248 g/mol. The van der Waals surface area contributed by atoms with Gasteiger partial charge in [-0.1, -0.05) is 23.7 Å². The zero-order valence-corrected chi connectivity index (χ0v) is 10.1. The maximum absolute atomic E-state index is 11.1. The molecule has 0 spiro atoms. The molecule has 2 N–H and O–H groups in total. The Morgan fingerprint density at radius 3 is 2.53 bits per heavy atom. The summed E-state index contributed by atoms with van der Waals surface area (Å²) in [5.74, 6) is -0.718. The Morgan fingerprint density at radius 2 is 2.00 bits per heavy atom. The molecule has 2 unspecified atom stereocenters. The number of para-hydroxylation sites is 1. The standard InChI is InChI=1S/C11H13ClO5/c1-16-10-6(4-3-5-7(10)12)8(13)9(14)11(15)17-2/h3-5,8-9,13-14H,1-2H3. The average Bonchev–Trinajstić information content (AvgIpc) is 2.35. The van der Waals surface area contributed by atoms with Gasteiger partial charge in [-0.2, -0.15) is 0 Å². The van der Waals surface area contributed by atoms with E-state index in [-0.39, 0.29) is 16.3 Å². The number of halogens is 1. The Hall–Kier alpha value is -1.30. The molecule has 0 radical (unpaired) electrons. The smallest absolute Gasteiger partial charge is 0.337 e. The minimum Gasteiger partial charge on any atom is -0.495 e. The average molecular weight is 261 g/mol. The molecule has 0 aliphatic carbocycles. The van der Waals surface area contributed by atoms with E-state index in [0.717, 1.165) is 7.11 Å². The molecule has 0 aromatic heterocycles. The number of hydrogen-bond acceptors (Lipinski definition) is 5. The lowest BCUT2D eigenvalue weighted by Gasteiger charge is -2.18. The SMILES string of the molecule is COC(=O)C(O)C(O)c1cccc(Cl)c1OC. The summed E-state index contributed by atoms with van der Waals surface area (Å²) in [6, 6.07) is 4.65. The van der Waals surface area contributed by atoms with E-state index >= 15 is 0 Å². The molecule has 0 aliphatic heterocycles. The normalized spacial score (nSPS) is 13.9. The molecule has 0 saturated carbocycles. The van der Waals surface area contributed by atoms with Gasteiger partial charge < -0.3 is 19.7 Å². The van der Waals surface area contributed by atoms with Crippen LogP contribution in [0.25, 0.3) is 0 Å². The van der Waals surface area contributed by atoms with Crippen molar-refractivity contribution < 1.29 is 24.5 Å². The Kier molecular flexibility index (Phi) is 4.74. The molecule has 0 heterocycles. The molecule has 2 atom stereocenters. The second-order valence-corrected chi connectivity index (χ2v) is 3.68. The maximum atomic E-state index is 11.1. The van der Waals surface area contributed by atoms with Crippen LogP contribution in [-0.4, -0.2) is 36.5 Å². The van der Waals surface area contributed by atoms with E-state index in [4.69, 9.17) is 16.3 Å². The van der Waals surface area contributed by atoms with Gasteiger partial charge in [0.2, 0.25) is 0 Å². The lowest BCUT2D eigenvalue weighted by atomic mass is 10.0. The molecule has 5 nitrogen and oxygen atoms in total. The molecule has 0 amide bonds. The number of aliphatic hydroxyl groups excluding tert-OH is 2.